The highest BCUT2D eigenvalue weighted by Gasteiger charge is 2.31. The zero-order valence-corrected chi connectivity index (χ0v) is 19.4. The van der Waals surface area contributed by atoms with Gasteiger partial charge in [0.2, 0.25) is 0 Å². The van der Waals surface area contributed by atoms with Crippen molar-refractivity contribution in [3.63, 3.8) is 0 Å². The fourth-order valence-electron chi connectivity index (χ4n) is 5.10. The third kappa shape index (κ3) is 4.45. The molecule has 0 saturated carbocycles. The fourth-order valence-corrected chi connectivity index (χ4v) is 5.28. The minimum absolute atomic E-state index is 0.169. The van der Waals surface area contributed by atoms with Crippen LogP contribution in [0.4, 0.5) is 4.79 Å². The molecule has 7 heteroatoms. The summed E-state index contributed by atoms with van der Waals surface area (Å²) >= 11 is 6.39. The number of urea groups is 1. The number of amides is 2. The van der Waals surface area contributed by atoms with Crippen molar-refractivity contribution < 1.29 is 9.53 Å². The highest BCUT2D eigenvalue weighted by Crippen LogP contribution is 2.42. The van der Waals surface area contributed by atoms with Gasteiger partial charge in [0.25, 0.3) is 0 Å². The Morgan fingerprint density at radius 1 is 0.969 bits per heavy atom. The van der Waals surface area contributed by atoms with Crippen LogP contribution in [0.2, 0.25) is 5.02 Å². The summed E-state index contributed by atoms with van der Waals surface area (Å²) < 4.78 is 6.29. The molecule has 0 spiro atoms. The number of para-hydroxylation sites is 1. The number of carbonyl (C=O) groups excluding carboxylic acids is 1. The third-order valence-corrected chi connectivity index (χ3v) is 7.22. The summed E-state index contributed by atoms with van der Waals surface area (Å²) in [6.07, 6.45) is 1.96. The molecule has 0 bridgehead atoms. The lowest BCUT2D eigenvalue weighted by molar-refractivity contribution is 0.0932. The second-order valence-electron chi connectivity index (χ2n) is 9.03. The number of fused-ring (bicyclic) bond motifs is 2. The molecule has 0 N–H and O–H groups in total. The van der Waals surface area contributed by atoms with Gasteiger partial charge in [-0.3, -0.25) is 4.90 Å². The van der Waals surface area contributed by atoms with Crippen molar-refractivity contribution in [3.05, 3.63) is 58.6 Å². The van der Waals surface area contributed by atoms with Crippen LogP contribution in [0.3, 0.4) is 0 Å². The van der Waals surface area contributed by atoms with Gasteiger partial charge in [-0.25, -0.2) is 4.79 Å². The number of piperazine rings is 1. The molecule has 0 aromatic heterocycles. The minimum Gasteiger partial charge on any atom is -0.457 e. The van der Waals surface area contributed by atoms with E-state index in [0.717, 1.165) is 81.7 Å². The molecule has 2 aromatic rings. The van der Waals surface area contributed by atoms with E-state index in [0.29, 0.717) is 0 Å². The Balaban J connectivity index is 1.22. The molecule has 3 aliphatic rings. The average molecular weight is 455 g/mol. The summed E-state index contributed by atoms with van der Waals surface area (Å²) in [5, 5.41) is 0.754. The van der Waals surface area contributed by atoms with Gasteiger partial charge in [-0.05, 0) is 49.2 Å². The molecule has 2 aromatic carbocycles. The molecule has 3 heterocycles. The Bertz CT molecular complexity index is 976. The number of carbonyl (C=O) groups is 1. The van der Waals surface area contributed by atoms with Crippen molar-refractivity contribution in [2.45, 2.75) is 18.9 Å². The first-order valence-corrected chi connectivity index (χ1v) is 12.0. The van der Waals surface area contributed by atoms with Gasteiger partial charge in [-0.1, -0.05) is 29.8 Å². The highest BCUT2D eigenvalue weighted by molar-refractivity contribution is 6.30. The normalized spacial score (nSPS) is 21.8. The summed E-state index contributed by atoms with van der Waals surface area (Å²) in [7, 11) is 1.88. The largest absolute Gasteiger partial charge is 0.457 e. The Morgan fingerprint density at radius 3 is 2.56 bits per heavy atom. The van der Waals surface area contributed by atoms with Crippen LogP contribution in [-0.4, -0.2) is 85.0 Å². The number of hydrogen-bond donors (Lipinski definition) is 0. The first kappa shape index (κ1) is 21.6. The van der Waals surface area contributed by atoms with Crippen molar-refractivity contribution >= 4 is 17.6 Å². The summed E-state index contributed by atoms with van der Waals surface area (Å²) in [6.45, 7) is 7.72. The average Bonchev–Trinajstić information content (AvgIpc) is 3.03. The van der Waals surface area contributed by atoms with E-state index in [1.54, 1.807) is 4.90 Å². The second-order valence-corrected chi connectivity index (χ2v) is 9.47. The van der Waals surface area contributed by atoms with E-state index < -0.39 is 0 Å². The van der Waals surface area contributed by atoms with Crippen molar-refractivity contribution in [3.8, 4) is 11.5 Å². The van der Waals surface area contributed by atoms with Crippen LogP contribution in [0, 0.1) is 0 Å². The zero-order valence-electron chi connectivity index (χ0n) is 18.7. The summed E-state index contributed by atoms with van der Waals surface area (Å²) in [5.41, 5.74) is 2.42. The van der Waals surface area contributed by atoms with Crippen LogP contribution < -0.4 is 4.74 Å². The number of benzene rings is 2. The maximum absolute atomic E-state index is 12.1. The van der Waals surface area contributed by atoms with E-state index in [4.69, 9.17) is 16.3 Å². The maximum Gasteiger partial charge on any atom is 0.319 e. The number of likely N-dealkylation sites (N-methyl/N-ethyl adjacent to an activating group) is 1. The molecule has 0 aliphatic carbocycles. The monoisotopic (exact) mass is 454 g/mol. The highest BCUT2D eigenvalue weighted by atomic mass is 35.5. The Kier molecular flexibility index (Phi) is 6.26. The molecular weight excluding hydrogens is 424 g/mol. The molecule has 3 aliphatic heterocycles. The Labute approximate surface area is 195 Å². The van der Waals surface area contributed by atoms with E-state index in [-0.39, 0.29) is 12.1 Å². The number of ether oxygens (including phenoxy) is 1. The van der Waals surface area contributed by atoms with Gasteiger partial charge in [-0.2, -0.15) is 0 Å². The number of hydrogen-bond acceptors (Lipinski definition) is 4. The van der Waals surface area contributed by atoms with Crippen LogP contribution in [0.1, 0.15) is 23.6 Å². The lowest BCUT2D eigenvalue weighted by Crippen LogP contribution is -2.48. The number of rotatable bonds is 5. The summed E-state index contributed by atoms with van der Waals surface area (Å²) in [4.78, 5) is 20.9. The van der Waals surface area contributed by atoms with Gasteiger partial charge in [-0.15, -0.1) is 0 Å². The van der Waals surface area contributed by atoms with E-state index in [1.807, 2.05) is 30.1 Å². The van der Waals surface area contributed by atoms with Crippen LogP contribution >= 0.6 is 11.6 Å². The Hall–Kier alpha value is -2.28. The molecule has 1 atom stereocenters. The minimum atomic E-state index is 0.169. The van der Waals surface area contributed by atoms with Crippen molar-refractivity contribution in [2.75, 3.05) is 59.4 Å². The van der Waals surface area contributed by atoms with E-state index in [1.165, 1.54) is 11.1 Å². The summed E-state index contributed by atoms with van der Waals surface area (Å²) in [6, 6.07) is 14.7. The quantitative estimate of drug-likeness (QED) is 0.681. The van der Waals surface area contributed by atoms with E-state index in [2.05, 4.69) is 34.1 Å². The lowest BCUT2D eigenvalue weighted by atomic mass is 9.96. The van der Waals surface area contributed by atoms with E-state index in [9.17, 15) is 4.79 Å². The van der Waals surface area contributed by atoms with Crippen molar-refractivity contribution in [1.29, 1.82) is 0 Å². The first-order chi connectivity index (χ1) is 15.6. The predicted molar refractivity (Wildman–Crippen MR) is 127 cm³/mol. The van der Waals surface area contributed by atoms with Gasteiger partial charge >= 0.3 is 6.03 Å². The number of nitrogens with zero attached hydrogens (tertiary/aromatic N) is 4. The maximum atomic E-state index is 12.1. The smallest absolute Gasteiger partial charge is 0.319 e. The molecule has 170 valence electrons. The first-order valence-electron chi connectivity index (χ1n) is 11.6. The van der Waals surface area contributed by atoms with Crippen LogP contribution in [0.15, 0.2) is 42.5 Å². The second kappa shape index (κ2) is 9.30. The van der Waals surface area contributed by atoms with E-state index >= 15 is 0 Å². The van der Waals surface area contributed by atoms with Gasteiger partial charge < -0.3 is 19.4 Å². The van der Waals surface area contributed by atoms with Crippen LogP contribution in [-0.2, 0) is 6.42 Å². The molecule has 5 rings (SSSR count). The van der Waals surface area contributed by atoms with Gasteiger partial charge in [0.15, 0.2) is 0 Å². The van der Waals surface area contributed by atoms with Gasteiger partial charge in [0.1, 0.15) is 11.5 Å². The molecular formula is C25H31ClN4O2. The van der Waals surface area contributed by atoms with Crippen molar-refractivity contribution in [2.24, 2.45) is 0 Å². The summed E-state index contributed by atoms with van der Waals surface area (Å²) in [5.74, 6) is 1.85. The molecule has 1 unspecified atom stereocenters. The van der Waals surface area contributed by atoms with Crippen LogP contribution in [0.25, 0.3) is 0 Å². The van der Waals surface area contributed by atoms with Gasteiger partial charge in [0.05, 0.1) is 0 Å². The molecule has 6 nitrogen and oxygen atoms in total. The fraction of sp³-hybridized carbons (Fsp3) is 0.480. The topological polar surface area (TPSA) is 39.3 Å². The molecule has 0 radical (unpaired) electrons. The lowest BCUT2D eigenvalue weighted by Gasteiger charge is -2.39. The molecule has 2 saturated heterocycles. The third-order valence-electron chi connectivity index (χ3n) is 6.99. The number of halogens is 1. The van der Waals surface area contributed by atoms with Gasteiger partial charge in [0, 0.05) is 69.5 Å². The van der Waals surface area contributed by atoms with Crippen LogP contribution in [0.5, 0.6) is 11.5 Å². The van der Waals surface area contributed by atoms with Crippen molar-refractivity contribution in [1.82, 2.24) is 19.6 Å². The zero-order chi connectivity index (χ0) is 22.1. The standard InChI is InChI=1S/C25H31ClN4O2/c1-27-11-14-30(25(27)31)10-4-9-28-12-15-29(16-13-28)22-17-19-5-2-3-6-23(19)32-24-8-7-20(26)18-21(22)24/h2-3,5-8,18,22H,4,9-17H2,1H3. The SMILES string of the molecule is CN1CCN(CCCN2CCN(C3Cc4ccccc4Oc4ccc(Cl)cc43)CC2)C1=O. The molecule has 32 heavy (non-hydrogen) atoms. The molecule has 2 amide bonds. The molecule has 2 fully saturated rings. The Morgan fingerprint density at radius 2 is 1.78 bits per heavy atom. The predicted octanol–water partition coefficient (Wildman–Crippen LogP) is 4.10.